The molecule has 1 rings (SSSR count). The lowest BCUT2D eigenvalue weighted by atomic mass is 10.0. The van der Waals surface area contributed by atoms with Gasteiger partial charge in [-0.25, -0.2) is 4.98 Å². The van der Waals surface area contributed by atoms with Gasteiger partial charge in [0, 0.05) is 18.0 Å². The predicted octanol–water partition coefficient (Wildman–Crippen LogP) is 3.45. The molecular weight excluding hydrogens is 204 g/mol. The average Bonchev–Trinajstić information content (AvgIpc) is 2.66. The number of thiazole rings is 1. The topological polar surface area (TPSA) is 24.9 Å². The normalized spacial score (nSPS) is 13.3. The molecule has 0 fully saturated rings. The average molecular weight is 226 g/mol. The molecule has 0 radical (unpaired) electrons. The SMILES string of the molecule is CC(C)CCCC(C)NCc1cscn1. The van der Waals surface area contributed by atoms with Crippen LogP contribution in [0.1, 0.15) is 45.7 Å². The van der Waals surface area contributed by atoms with Crippen molar-refractivity contribution in [1.82, 2.24) is 10.3 Å². The Morgan fingerprint density at radius 3 is 2.73 bits per heavy atom. The lowest BCUT2D eigenvalue weighted by Gasteiger charge is -2.13. The van der Waals surface area contributed by atoms with Crippen molar-refractivity contribution in [2.24, 2.45) is 5.92 Å². The predicted molar refractivity (Wildman–Crippen MR) is 67.1 cm³/mol. The van der Waals surface area contributed by atoms with Crippen LogP contribution >= 0.6 is 11.3 Å². The van der Waals surface area contributed by atoms with E-state index < -0.39 is 0 Å². The highest BCUT2D eigenvalue weighted by Gasteiger charge is 2.03. The molecule has 0 bridgehead atoms. The fourth-order valence-electron chi connectivity index (χ4n) is 1.54. The summed E-state index contributed by atoms with van der Waals surface area (Å²) in [6, 6.07) is 0.602. The highest BCUT2D eigenvalue weighted by atomic mass is 32.1. The van der Waals surface area contributed by atoms with Crippen LogP contribution in [-0.2, 0) is 6.54 Å². The molecule has 3 heteroatoms. The minimum atomic E-state index is 0.602. The van der Waals surface area contributed by atoms with Crippen LogP contribution < -0.4 is 5.32 Å². The molecule has 0 spiro atoms. The Morgan fingerprint density at radius 2 is 2.13 bits per heavy atom. The van der Waals surface area contributed by atoms with Gasteiger partial charge in [0.15, 0.2) is 0 Å². The molecule has 1 unspecified atom stereocenters. The molecule has 0 aliphatic rings. The maximum atomic E-state index is 4.25. The van der Waals surface area contributed by atoms with Gasteiger partial charge < -0.3 is 5.32 Å². The van der Waals surface area contributed by atoms with Crippen molar-refractivity contribution in [1.29, 1.82) is 0 Å². The Bertz CT molecular complexity index is 244. The summed E-state index contributed by atoms with van der Waals surface area (Å²) in [6.45, 7) is 7.74. The third kappa shape index (κ3) is 5.90. The largest absolute Gasteiger partial charge is 0.309 e. The molecule has 1 heterocycles. The third-order valence-corrected chi connectivity index (χ3v) is 3.17. The van der Waals surface area contributed by atoms with E-state index in [4.69, 9.17) is 0 Å². The fourth-order valence-corrected chi connectivity index (χ4v) is 2.10. The molecule has 15 heavy (non-hydrogen) atoms. The molecule has 2 nitrogen and oxygen atoms in total. The summed E-state index contributed by atoms with van der Waals surface area (Å²) in [6.07, 6.45) is 3.92. The molecule has 1 aromatic heterocycles. The zero-order valence-corrected chi connectivity index (χ0v) is 10.8. The Morgan fingerprint density at radius 1 is 1.33 bits per heavy atom. The van der Waals surface area contributed by atoms with E-state index in [9.17, 15) is 0 Å². The molecule has 1 atom stereocenters. The maximum absolute atomic E-state index is 4.25. The van der Waals surface area contributed by atoms with E-state index in [1.54, 1.807) is 11.3 Å². The third-order valence-electron chi connectivity index (χ3n) is 2.53. The van der Waals surface area contributed by atoms with Crippen LogP contribution in [-0.4, -0.2) is 11.0 Å². The van der Waals surface area contributed by atoms with Crippen molar-refractivity contribution in [3.63, 3.8) is 0 Å². The van der Waals surface area contributed by atoms with Gasteiger partial charge in [0.25, 0.3) is 0 Å². The van der Waals surface area contributed by atoms with Gasteiger partial charge in [0.2, 0.25) is 0 Å². The number of aromatic nitrogens is 1. The standard InChI is InChI=1S/C12H22N2S/c1-10(2)5-4-6-11(3)13-7-12-8-15-9-14-12/h8-11,13H,4-7H2,1-3H3. The second-order valence-electron chi connectivity index (χ2n) is 4.59. The quantitative estimate of drug-likeness (QED) is 0.770. The van der Waals surface area contributed by atoms with Gasteiger partial charge in [-0.15, -0.1) is 11.3 Å². The molecule has 0 saturated heterocycles. The van der Waals surface area contributed by atoms with Crippen molar-refractivity contribution in [2.45, 2.75) is 52.6 Å². The Hall–Kier alpha value is -0.410. The van der Waals surface area contributed by atoms with E-state index >= 15 is 0 Å². The van der Waals surface area contributed by atoms with Crippen LogP contribution in [0.5, 0.6) is 0 Å². The number of nitrogens with zero attached hydrogens (tertiary/aromatic N) is 1. The summed E-state index contributed by atoms with van der Waals surface area (Å²) in [5.41, 5.74) is 3.05. The van der Waals surface area contributed by atoms with Crippen molar-refractivity contribution in [3.8, 4) is 0 Å². The zero-order valence-electron chi connectivity index (χ0n) is 9.99. The highest BCUT2D eigenvalue weighted by Crippen LogP contribution is 2.08. The number of hydrogen-bond acceptors (Lipinski definition) is 3. The molecule has 0 aromatic carbocycles. The lowest BCUT2D eigenvalue weighted by molar-refractivity contribution is 0.455. The van der Waals surface area contributed by atoms with E-state index in [-0.39, 0.29) is 0 Å². The van der Waals surface area contributed by atoms with Gasteiger partial charge in [-0.3, -0.25) is 0 Å². The van der Waals surface area contributed by atoms with Crippen molar-refractivity contribution < 1.29 is 0 Å². The minimum absolute atomic E-state index is 0.602. The summed E-state index contributed by atoms with van der Waals surface area (Å²) in [4.78, 5) is 4.25. The van der Waals surface area contributed by atoms with Gasteiger partial charge in [-0.05, 0) is 19.3 Å². The molecule has 0 aliphatic carbocycles. The Kier molecular flexibility index (Phi) is 5.88. The van der Waals surface area contributed by atoms with E-state index in [1.165, 1.54) is 19.3 Å². The Balaban J connectivity index is 2.06. The minimum Gasteiger partial charge on any atom is -0.309 e. The molecular formula is C12H22N2S. The maximum Gasteiger partial charge on any atom is 0.0795 e. The number of rotatable bonds is 7. The number of nitrogens with one attached hydrogen (secondary N) is 1. The lowest BCUT2D eigenvalue weighted by Crippen LogP contribution is -2.25. The van der Waals surface area contributed by atoms with Crippen molar-refractivity contribution in [2.75, 3.05) is 0 Å². The molecule has 1 N–H and O–H groups in total. The number of hydrogen-bond donors (Lipinski definition) is 1. The first-order valence-electron chi connectivity index (χ1n) is 5.79. The first-order valence-corrected chi connectivity index (χ1v) is 6.73. The van der Waals surface area contributed by atoms with Crippen LogP contribution in [0.25, 0.3) is 0 Å². The summed E-state index contributed by atoms with van der Waals surface area (Å²) in [7, 11) is 0. The van der Waals surface area contributed by atoms with Crippen LogP contribution in [0.4, 0.5) is 0 Å². The second kappa shape index (κ2) is 6.96. The van der Waals surface area contributed by atoms with Crippen LogP contribution in [0.3, 0.4) is 0 Å². The van der Waals surface area contributed by atoms with E-state index in [0.717, 1.165) is 18.2 Å². The summed E-state index contributed by atoms with van der Waals surface area (Å²) in [5, 5.41) is 5.61. The van der Waals surface area contributed by atoms with E-state index in [0.29, 0.717) is 6.04 Å². The molecule has 0 saturated carbocycles. The summed E-state index contributed by atoms with van der Waals surface area (Å²) >= 11 is 1.66. The van der Waals surface area contributed by atoms with Gasteiger partial charge in [-0.2, -0.15) is 0 Å². The summed E-state index contributed by atoms with van der Waals surface area (Å²) in [5.74, 6) is 0.829. The fraction of sp³-hybridized carbons (Fsp3) is 0.750. The highest BCUT2D eigenvalue weighted by molar-refractivity contribution is 7.07. The van der Waals surface area contributed by atoms with Gasteiger partial charge in [0.05, 0.1) is 11.2 Å². The zero-order chi connectivity index (χ0) is 11.1. The van der Waals surface area contributed by atoms with Crippen LogP contribution in [0.15, 0.2) is 10.9 Å². The van der Waals surface area contributed by atoms with Crippen LogP contribution in [0, 0.1) is 5.92 Å². The van der Waals surface area contributed by atoms with Gasteiger partial charge in [-0.1, -0.05) is 26.7 Å². The molecule has 0 aliphatic heterocycles. The summed E-state index contributed by atoms with van der Waals surface area (Å²) < 4.78 is 0. The van der Waals surface area contributed by atoms with Crippen molar-refractivity contribution in [3.05, 3.63) is 16.6 Å². The van der Waals surface area contributed by atoms with Gasteiger partial charge in [0.1, 0.15) is 0 Å². The monoisotopic (exact) mass is 226 g/mol. The van der Waals surface area contributed by atoms with Crippen molar-refractivity contribution >= 4 is 11.3 Å². The van der Waals surface area contributed by atoms with E-state index in [1.807, 2.05) is 5.51 Å². The Labute approximate surface area is 97.1 Å². The first-order chi connectivity index (χ1) is 7.18. The molecule has 86 valence electrons. The smallest absolute Gasteiger partial charge is 0.0795 e. The van der Waals surface area contributed by atoms with Crippen LogP contribution in [0.2, 0.25) is 0 Å². The second-order valence-corrected chi connectivity index (χ2v) is 5.31. The first kappa shape index (κ1) is 12.7. The molecule has 0 amide bonds. The molecule has 1 aromatic rings. The van der Waals surface area contributed by atoms with E-state index in [2.05, 4.69) is 36.5 Å². The van der Waals surface area contributed by atoms with Gasteiger partial charge >= 0.3 is 0 Å².